The fraction of sp³-hybridized carbons (Fsp3) is 0.100. The number of nitrogens with zero attached hydrogens (tertiary/aromatic N) is 3. The number of aromatic nitrogens is 2. The maximum absolute atomic E-state index is 11.7. The monoisotopic (exact) mass is 375 g/mol. The Morgan fingerprint density at radius 3 is 2.86 bits per heavy atom. The van der Waals surface area contributed by atoms with E-state index in [9.17, 15) is 9.90 Å². The van der Waals surface area contributed by atoms with Crippen molar-refractivity contribution in [2.75, 3.05) is 17.2 Å². The summed E-state index contributed by atoms with van der Waals surface area (Å²) in [7, 11) is 0. The number of hydrogen-bond donors (Lipinski definition) is 3. The summed E-state index contributed by atoms with van der Waals surface area (Å²) in [5, 5.41) is 25.5. The summed E-state index contributed by atoms with van der Waals surface area (Å²) in [6, 6.07) is 13.8. The molecule has 0 amide bonds. The van der Waals surface area contributed by atoms with Gasteiger partial charge in [0.25, 0.3) is 0 Å². The highest BCUT2D eigenvalue weighted by molar-refractivity contribution is 5.94. The highest BCUT2D eigenvalue weighted by atomic mass is 16.5. The van der Waals surface area contributed by atoms with Gasteiger partial charge in [0.1, 0.15) is 24.0 Å². The molecule has 0 unspecified atom stereocenters. The number of aromatic hydroxyl groups is 1. The second kappa shape index (κ2) is 8.51. The second-order valence-electron chi connectivity index (χ2n) is 5.66. The molecule has 0 bridgehead atoms. The van der Waals surface area contributed by atoms with Gasteiger partial charge in [0.2, 0.25) is 0 Å². The maximum atomic E-state index is 11.7. The number of phenols is 1. The van der Waals surface area contributed by atoms with Crippen LogP contribution >= 0.6 is 0 Å². The molecule has 2 aromatic carbocycles. The van der Waals surface area contributed by atoms with Crippen LogP contribution in [0.25, 0.3) is 10.9 Å². The lowest BCUT2D eigenvalue weighted by Gasteiger charge is -2.10. The first-order valence-electron chi connectivity index (χ1n) is 8.45. The van der Waals surface area contributed by atoms with E-state index in [1.165, 1.54) is 12.5 Å². The Bertz CT molecular complexity index is 1090. The minimum Gasteiger partial charge on any atom is -0.508 e. The van der Waals surface area contributed by atoms with Gasteiger partial charge in [0.15, 0.2) is 5.57 Å². The number of esters is 1. The molecule has 8 heteroatoms. The molecule has 1 heterocycles. The minimum absolute atomic E-state index is 0.135. The van der Waals surface area contributed by atoms with Gasteiger partial charge in [0.05, 0.1) is 12.1 Å². The van der Waals surface area contributed by atoms with E-state index >= 15 is 0 Å². The molecule has 0 saturated heterocycles. The number of carbonyl (C=O) groups is 1. The molecule has 0 fully saturated rings. The van der Waals surface area contributed by atoms with Crippen LogP contribution in [0.3, 0.4) is 0 Å². The zero-order chi connectivity index (χ0) is 19.9. The third-order valence-corrected chi connectivity index (χ3v) is 3.74. The smallest absolute Gasteiger partial charge is 0.350 e. The van der Waals surface area contributed by atoms with E-state index < -0.39 is 5.97 Å². The Labute approximate surface area is 161 Å². The Kier molecular flexibility index (Phi) is 5.67. The lowest BCUT2D eigenvalue weighted by atomic mass is 10.2. The maximum Gasteiger partial charge on any atom is 0.350 e. The molecular formula is C20H17N5O3. The minimum atomic E-state index is -0.687. The van der Waals surface area contributed by atoms with Crippen LogP contribution < -0.4 is 10.6 Å². The molecule has 0 atom stereocenters. The van der Waals surface area contributed by atoms with E-state index in [2.05, 4.69) is 20.6 Å². The number of nitriles is 1. The second-order valence-corrected chi connectivity index (χ2v) is 5.66. The Hall–Kier alpha value is -4.12. The molecule has 0 radical (unpaired) electrons. The largest absolute Gasteiger partial charge is 0.508 e. The summed E-state index contributed by atoms with van der Waals surface area (Å²) in [6.45, 7) is 1.86. The molecule has 3 rings (SSSR count). The van der Waals surface area contributed by atoms with Gasteiger partial charge >= 0.3 is 5.97 Å². The van der Waals surface area contributed by atoms with E-state index in [1.54, 1.807) is 55.5 Å². The predicted octanol–water partition coefficient (Wildman–Crippen LogP) is 3.46. The van der Waals surface area contributed by atoms with Gasteiger partial charge in [-0.2, -0.15) is 5.26 Å². The van der Waals surface area contributed by atoms with Crippen molar-refractivity contribution in [3.05, 3.63) is 60.6 Å². The third kappa shape index (κ3) is 4.34. The molecule has 0 aliphatic rings. The molecule has 3 N–H and O–H groups in total. The average molecular weight is 375 g/mol. The van der Waals surface area contributed by atoms with Crippen LogP contribution in [-0.4, -0.2) is 27.7 Å². The van der Waals surface area contributed by atoms with Crippen LogP contribution in [0.5, 0.6) is 5.75 Å². The van der Waals surface area contributed by atoms with Crippen molar-refractivity contribution in [1.29, 1.82) is 5.26 Å². The SMILES string of the molecule is CCOC(=O)/C(C#N)=C\Nc1ccc2ncnc(Nc3cccc(O)c3)c2c1. The fourth-order valence-electron chi connectivity index (χ4n) is 2.47. The van der Waals surface area contributed by atoms with E-state index in [-0.39, 0.29) is 17.9 Å². The van der Waals surface area contributed by atoms with Crippen molar-refractivity contribution < 1.29 is 14.6 Å². The Morgan fingerprint density at radius 1 is 1.25 bits per heavy atom. The van der Waals surface area contributed by atoms with E-state index in [0.29, 0.717) is 22.7 Å². The molecule has 0 aliphatic heterocycles. The molecule has 1 aromatic heterocycles. The van der Waals surface area contributed by atoms with Crippen molar-refractivity contribution >= 4 is 34.1 Å². The van der Waals surface area contributed by atoms with Gasteiger partial charge in [0, 0.05) is 29.0 Å². The molecule has 0 spiro atoms. The van der Waals surface area contributed by atoms with Crippen molar-refractivity contribution in [3.63, 3.8) is 0 Å². The molecular weight excluding hydrogens is 358 g/mol. The summed E-state index contributed by atoms with van der Waals surface area (Å²) >= 11 is 0. The zero-order valence-electron chi connectivity index (χ0n) is 15.0. The number of ether oxygens (including phenoxy) is 1. The first kappa shape index (κ1) is 18.7. The summed E-state index contributed by atoms with van der Waals surface area (Å²) in [5.41, 5.74) is 1.88. The van der Waals surface area contributed by atoms with Crippen LogP contribution in [0.4, 0.5) is 17.2 Å². The van der Waals surface area contributed by atoms with Crippen molar-refractivity contribution in [3.8, 4) is 11.8 Å². The lowest BCUT2D eigenvalue weighted by Crippen LogP contribution is -2.07. The summed E-state index contributed by atoms with van der Waals surface area (Å²) < 4.78 is 4.83. The number of carbonyl (C=O) groups excluding carboxylic acids is 1. The van der Waals surface area contributed by atoms with Crippen LogP contribution in [0.2, 0.25) is 0 Å². The zero-order valence-corrected chi connectivity index (χ0v) is 15.0. The van der Waals surface area contributed by atoms with Gasteiger partial charge in [-0.05, 0) is 37.3 Å². The number of nitrogens with one attached hydrogen (secondary N) is 2. The number of benzene rings is 2. The fourth-order valence-corrected chi connectivity index (χ4v) is 2.47. The molecule has 0 saturated carbocycles. The van der Waals surface area contributed by atoms with Crippen molar-refractivity contribution in [2.45, 2.75) is 6.92 Å². The van der Waals surface area contributed by atoms with Gasteiger partial charge in [-0.1, -0.05) is 6.07 Å². The first-order chi connectivity index (χ1) is 13.6. The summed E-state index contributed by atoms with van der Waals surface area (Å²) in [4.78, 5) is 20.2. The first-order valence-corrected chi connectivity index (χ1v) is 8.45. The van der Waals surface area contributed by atoms with E-state index in [0.717, 1.165) is 5.39 Å². The molecule has 3 aromatic rings. The average Bonchev–Trinajstić information content (AvgIpc) is 2.69. The standard InChI is InChI=1S/C20H17N5O3/c1-2-28-20(27)13(10-21)11-22-14-6-7-18-17(9-14)19(24-12-23-18)25-15-4-3-5-16(26)8-15/h3-9,11-12,22,26H,2H2,1H3,(H,23,24,25)/b13-11-. The molecule has 8 nitrogen and oxygen atoms in total. The highest BCUT2D eigenvalue weighted by Crippen LogP contribution is 2.27. The highest BCUT2D eigenvalue weighted by Gasteiger charge is 2.10. The van der Waals surface area contributed by atoms with Crippen LogP contribution in [0, 0.1) is 11.3 Å². The Morgan fingerprint density at radius 2 is 2.11 bits per heavy atom. The topological polar surface area (TPSA) is 120 Å². The van der Waals surface area contributed by atoms with Crippen molar-refractivity contribution in [2.24, 2.45) is 0 Å². The van der Waals surface area contributed by atoms with Gasteiger partial charge in [-0.15, -0.1) is 0 Å². The van der Waals surface area contributed by atoms with Crippen LogP contribution in [-0.2, 0) is 9.53 Å². The van der Waals surface area contributed by atoms with Crippen LogP contribution in [0.1, 0.15) is 6.92 Å². The number of fused-ring (bicyclic) bond motifs is 1. The van der Waals surface area contributed by atoms with E-state index in [4.69, 9.17) is 10.00 Å². The number of rotatable bonds is 6. The van der Waals surface area contributed by atoms with Gasteiger partial charge in [-0.3, -0.25) is 0 Å². The van der Waals surface area contributed by atoms with Crippen LogP contribution in [0.15, 0.2) is 60.6 Å². The molecule has 140 valence electrons. The molecule has 0 aliphatic carbocycles. The van der Waals surface area contributed by atoms with Gasteiger partial charge in [-0.25, -0.2) is 14.8 Å². The number of phenolic OH excluding ortho intramolecular Hbond substituents is 1. The summed E-state index contributed by atoms with van der Waals surface area (Å²) in [5.74, 6) is 0.000783. The quantitative estimate of drug-likeness (QED) is 0.340. The summed E-state index contributed by atoms with van der Waals surface area (Å²) in [6.07, 6.45) is 2.74. The van der Waals surface area contributed by atoms with Gasteiger partial charge < -0.3 is 20.5 Å². The Balaban J connectivity index is 1.90. The predicted molar refractivity (Wildman–Crippen MR) is 105 cm³/mol. The number of hydrogen-bond acceptors (Lipinski definition) is 8. The molecule has 28 heavy (non-hydrogen) atoms. The normalized spacial score (nSPS) is 10.9. The third-order valence-electron chi connectivity index (χ3n) is 3.74. The number of anilines is 3. The lowest BCUT2D eigenvalue weighted by molar-refractivity contribution is -0.138. The van der Waals surface area contributed by atoms with Crippen molar-refractivity contribution in [1.82, 2.24) is 9.97 Å². The van der Waals surface area contributed by atoms with E-state index in [1.807, 2.05) is 0 Å².